The fraction of sp³-hybridized carbons (Fsp3) is 0.727. The van der Waals surface area contributed by atoms with E-state index in [9.17, 15) is 0 Å². The van der Waals surface area contributed by atoms with Gasteiger partial charge in [0.2, 0.25) is 0 Å². The van der Waals surface area contributed by atoms with Gasteiger partial charge in [0.1, 0.15) is 0 Å². The highest BCUT2D eigenvalue weighted by molar-refractivity contribution is 9.09. The third-order valence-electron chi connectivity index (χ3n) is 2.58. The topological polar surface area (TPSA) is 17.8 Å². The van der Waals surface area contributed by atoms with Crippen LogP contribution in [0.15, 0.2) is 6.07 Å². The molecule has 80 valence electrons. The van der Waals surface area contributed by atoms with E-state index in [4.69, 9.17) is 0 Å². The van der Waals surface area contributed by atoms with Gasteiger partial charge in [0.05, 0.1) is 5.69 Å². The smallest absolute Gasteiger partial charge is 0.0596 e. The molecule has 0 fully saturated rings. The zero-order chi connectivity index (χ0) is 10.6. The fourth-order valence-corrected chi connectivity index (χ4v) is 2.33. The van der Waals surface area contributed by atoms with Gasteiger partial charge >= 0.3 is 0 Å². The van der Waals surface area contributed by atoms with Crippen molar-refractivity contribution in [1.29, 1.82) is 0 Å². The van der Waals surface area contributed by atoms with E-state index >= 15 is 0 Å². The fourth-order valence-electron chi connectivity index (χ4n) is 1.64. The molecule has 0 saturated carbocycles. The molecule has 2 nitrogen and oxygen atoms in total. The van der Waals surface area contributed by atoms with Gasteiger partial charge in [0.15, 0.2) is 0 Å². The number of aromatic nitrogens is 2. The number of rotatable bonds is 5. The Kier molecular flexibility index (Phi) is 4.66. The normalized spacial score (nSPS) is 13.1. The van der Waals surface area contributed by atoms with E-state index in [1.807, 2.05) is 0 Å². The average molecular weight is 259 g/mol. The summed E-state index contributed by atoms with van der Waals surface area (Å²) < 4.78 is 2.11. The van der Waals surface area contributed by atoms with E-state index < -0.39 is 0 Å². The van der Waals surface area contributed by atoms with Crippen LogP contribution >= 0.6 is 15.9 Å². The van der Waals surface area contributed by atoms with Crippen LogP contribution in [-0.4, -0.2) is 15.1 Å². The zero-order valence-corrected chi connectivity index (χ0v) is 10.8. The molecule has 0 saturated heterocycles. The van der Waals surface area contributed by atoms with Crippen molar-refractivity contribution in [3.63, 3.8) is 0 Å². The molecule has 1 aromatic rings. The highest BCUT2D eigenvalue weighted by Crippen LogP contribution is 2.15. The first-order valence-corrected chi connectivity index (χ1v) is 6.42. The molecule has 0 amide bonds. The summed E-state index contributed by atoms with van der Waals surface area (Å²) in [5.41, 5.74) is 2.50. The van der Waals surface area contributed by atoms with Gasteiger partial charge in [-0.15, -0.1) is 0 Å². The summed E-state index contributed by atoms with van der Waals surface area (Å²) >= 11 is 3.56. The lowest BCUT2D eigenvalue weighted by Crippen LogP contribution is -2.10. The lowest BCUT2D eigenvalue weighted by molar-refractivity contribution is 0.526. The summed E-state index contributed by atoms with van der Waals surface area (Å²) in [4.78, 5) is 0. The molecule has 1 heterocycles. The van der Waals surface area contributed by atoms with Crippen molar-refractivity contribution in [2.24, 2.45) is 5.92 Å². The largest absolute Gasteiger partial charge is 0.270 e. The lowest BCUT2D eigenvalue weighted by atomic mass is 10.0. The van der Waals surface area contributed by atoms with Crippen LogP contribution in [0, 0.1) is 12.8 Å². The minimum Gasteiger partial charge on any atom is -0.270 e. The summed E-state index contributed by atoms with van der Waals surface area (Å²) in [6, 6.07) is 2.20. The van der Waals surface area contributed by atoms with Gasteiger partial charge in [-0.25, -0.2) is 0 Å². The summed E-state index contributed by atoms with van der Waals surface area (Å²) in [6.07, 6.45) is 2.36. The maximum Gasteiger partial charge on any atom is 0.0596 e. The number of nitrogens with zero attached hydrogens (tertiary/aromatic N) is 2. The van der Waals surface area contributed by atoms with E-state index in [2.05, 4.69) is 52.5 Å². The van der Waals surface area contributed by atoms with Crippen LogP contribution in [0.25, 0.3) is 0 Å². The Labute approximate surface area is 94.8 Å². The van der Waals surface area contributed by atoms with Gasteiger partial charge in [-0.3, -0.25) is 4.68 Å². The van der Waals surface area contributed by atoms with Crippen molar-refractivity contribution in [2.45, 2.75) is 40.2 Å². The molecule has 0 aliphatic rings. The Balaban J connectivity index is 2.73. The molecule has 0 bridgehead atoms. The predicted octanol–water partition coefficient (Wildman–Crippen LogP) is 3.18. The summed E-state index contributed by atoms with van der Waals surface area (Å²) in [7, 11) is 0. The SMILES string of the molecule is CCC(CBr)Cc1cc(C)nn1CC. The maximum absolute atomic E-state index is 4.45. The van der Waals surface area contributed by atoms with Crippen LogP contribution in [-0.2, 0) is 13.0 Å². The summed E-state index contributed by atoms with van der Waals surface area (Å²) in [6.45, 7) is 7.42. The molecule has 1 aromatic heterocycles. The van der Waals surface area contributed by atoms with Crippen LogP contribution in [0.4, 0.5) is 0 Å². The standard InChI is InChI=1S/C11H19BrN2/c1-4-10(8-12)7-11-6-9(3)13-14(11)5-2/h6,10H,4-5,7-8H2,1-3H3. The van der Waals surface area contributed by atoms with Crippen LogP contribution in [0.3, 0.4) is 0 Å². The zero-order valence-electron chi connectivity index (χ0n) is 9.26. The number of alkyl halides is 1. The second-order valence-corrected chi connectivity index (χ2v) is 4.37. The van der Waals surface area contributed by atoms with Crippen LogP contribution < -0.4 is 0 Å². The average Bonchev–Trinajstić information content (AvgIpc) is 2.55. The molecule has 0 radical (unpaired) electrons. The van der Waals surface area contributed by atoms with E-state index in [0.717, 1.165) is 29.9 Å². The first-order chi connectivity index (χ1) is 6.71. The molecule has 14 heavy (non-hydrogen) atoms. The summed E-state index contributed by atoms with van der Waals surface area (Å²) in [5.74, 6) is 0.733. The third-order valence-corrected chi connectivity index (χ3v) is 3.49. The highest BCUT2D eigenvalue weighted by atomic mass is 79.9. The number of hydrogen-bond acceptors (Lipinski definition) is 1. The van der Waals surface area contributed by atoms with Gasteiger partial charge in [-0.1, -0.05) is 29.3 Å². The van der Waals surface area contributed by atoms with Crippen molar-refractivity contribution in [3.05, 3.63) is 17.5 Å². The second kappa shape index (κ2) is 5.54. The molecular weight excluding hydrogens is 240 g/mol. The molecule has 0 aliphatic heterocycles. The Morgan fingerprint density at radius 1 is 1.50 bits per heavy atom. The van der Waals surface area contributed by atoms with Gasteiger partial charge < -0.3 is 0 Å². The van der Waals surface area contributed by atoms with Gasteiger partial charge in [-0.2, -0.15) is 5.10 Å². The Hall–Kier alpha value is -0.310. The monoisotopic (exact) mass is 258 g/mol. The van der Waals surface area contributed by atoms with E-state index in [-0.39, 0.29) is 0 Å². The highest BCUT2D eigenvalue weighted by Gasteiger charge is 2.10. The number of aryl methyl sites for hydroxylation is 2. The van der Waals surface area contributed by atoms with Crippen LogP contribution in [0.1, 0.15) is 31.7 Å². The molecule has 0 aromatic carbocycles. The van der Waals surface area contributed by atoms with Crippen molar-refractivity contribution < 1.29 is 0 Å². The van der Waals surface area contributed by atoms with Crippen molar-refractivity contribution in [1.82, 2.24) is 9.78 Å². The van der Waals surface area contributed by atoms with Gasteiger partial charge in [0.25, 0.3) is 0 Å². The minimum absolute atomic E-state index is 0.733. The first kappa shape index (κ1) is 11.8. The molecule has 1 atom stereocenters. The maximum atomic E-state index is 4.45. The number of halogens is 1. The summed E-state index contributed by atoms with van der Waals surface area (Å²) in [5, 5.41) is 5.53. The van der Waals surface area contributed by atoms with Crippen molar-refractivity contribution in [2.75, 3.05) is 5.33 Å². The predicted molar refractivity (Wildman–Crippen MR) is 63.9 cm³/mol. The molecule has 1 rings (SSSR count). The molecule has 0 N–H and O–H groups in total. The quantitative estimate of drug-likeness (QED) is 0.742. The Morgan fingerprint density at radius 3 is 2.71 bits per heavy atom. The molecule has 0 aliphatic carbocycles. The van der Waals surface area contributed by atoms with Gasteiger partial charge in [0, 0.05) is 17.6 Å². The van der Waals surface area contributed by atoms with Crippen molar-refractivity contribution in [3.8, 4) is 0 Å². The lowest BCUT2D eigenvalue weighted by Gasteiger charge is -2.11. The Morgan fingerprint density at radius 2 is 2.21 bits per heavy atom. The number of hydrogen-bond donors (Lipinski definition) is 0. The molecule has 0 spiro atoms. The molecule has 3 heteroatoms. The molecule has 1 unspecified atom stereocenters. The molecular formula is C11H19BrN2. The van der Waals surface area contributed by atoms with Crippen molar-refractivity contribution >= 4 is 15.9 Å². The third kappa shape index (κ3) is 2.84. The Bertz CT molecular complexity index is 277. The van der Waals surface area contributed by atoms with E-state index in [1.54, 1.807) is 0 Å². The van der Waals surface area contributed by atoms with Crippen LogP contribution in [0.5, 0.6) is 0 Å². The van der Waals surface area contributed by atoms with E-state index in [0.29, 0.717) is 0 Å². The second-order valence-electron chi connectivity index (χ2n) is 3.73. The first-order valence-electron chi connectivity index (χ1n) is 5.30. The minimum atomic E-state index is 0.733. The van der Waals surface area contributed by atoms with E-state index in [1.165, 1.54) is 12.1 Å². The van der Waals surface area contributed by atoms with Crippen LogP contribution in [0.2, 0.25) is 0 Å². The van der Waals surface area contributed by atoms with Gasteiger partial charge in [-0.05, 0) is 32.3 Å².